The lowest BCUT2D eigenvalue weighted by Crippen LogP contribution is -2.34. The molecule has 3 rings (SSSR count). The van der Waals surface area contributed by atoms with Crippen molar-refractivity contribution in [3.63, 3.8) is 0 Å². The maximum absolute atomic E-state index is 12.5. The number of anilines is 1. The van der Waals surface area contributed by atoms with Crippen molar-refractivity contribution in [2.45, 2.75) is 39.3 Å². The second-order valence-corrected chi connectivity index (χ2v) is 7.08. The largest absolute Gasteiger partial charge is 0.452 e. The average molecular weight is 392 g/mol. The molecule has 2 aromatic carbocycles. The number of carbonyl (C=O) groups is 3. The van der Waals surface area contributed by atoms with E-state index in [0.29, 0.717) is 5.69 Å². The highest BCUT2D eigenvalue weighted by atomic mass is 16.5. The summed E-state index contributed by atoms with van der Waals surface area (Å²) in [5, 5.41) is 2.73. The van der Waals surface area contributed by atoms with E-state index in [0.717, 1.165) is 16.7 Å². The van der Waals surface area contributed by atoms with Crippen LogP contribution in [0.2, 0.25) is 0 Å². The third-order valence-corrected chi connectivity index (χ3v) is 4.83. The van der Waals surface area contributed by atoms with Gasteiger partial charge in [-0.2, -0.15) is 0 Å². The normalized spacial score (nSPS) is 16.0. The molecule has 150 valence electrons. The molecule has 0 radical (unpaired) electrons. The lowest BCUT2D eigenvalue weighted by atomic mass is 9.94. The second kappa shape index (κ2) is 8.73. The van der Waals surface area contributed by atoms with Gasteiger partial charge in [0.1, 0.15) is 0 Å². The number of carbonyl (C=O) groups excluding carboxylic acids is 3. The van der Waals surface area contributed by atoms with Gasteiger partial charge in [-0.15, -0.1) is 0 Å². The molecule has 2 atom stereocenters. The van der Waals surface area contributed by atoms with Crippen molar-refractivity contribution in [2.24, 2.45) is 0 Å². The van der Waals surface area contributed by atoms with Crippen LogP contribution in [-0.4, -0.2) is 28.8 Å². The number of nitrogens with one attached hydrogen (secondary N) is 1. The lowest BCUT2D eigenvalue weighted by molar-refractivity contribution is -0.154. The number of amides is 2. The molecule has 0 spiro atoms. The number of hydrogen-bond acceptors (Lipinski definition) is 4. The summed E-state index contributed by atoms with van der Waals surface area (Å²) in [4.78, 5) is 38.4. The molecule has 0 unspecified atom stereocenters. The van der Waals surface area contributed by atoms with Gasteiger partial charge < -0.3 is 15.0 Å². The van der Waals surface area contributed by atoms with Crippen LogP contribution in [0.4, 0.5) is 5.69 Å². The van der Waals surface area contributed by atoms with Gasteiger partial charge in [-0.3, -0.25) is 14.4 Å². The molecule has 2 aromatic rings. The first-order chi connectivity index (χ1) is 13.8. The Hall–Kier alpha value is -3.41. The number of hydrogen-bond donors (Lipinski definition) is 1. The van der Waals surface area contributed by atoms with E-state index in [4.69, 9.17) is 4.74 Å². The number of benzene rings is 2. The van der Waals surface area contributed by atoms with Crippen LogP contribution in [0.25, 0.3) is 6.08 Å². The van der Waals surface area contributed by atoms with E-state index in [1.807, 2.05) is 49.4 Å². The molecule has 0 saturated carbocycles. The third kappa shape index (κ3) is 4.90. The summed E-state index contributed by atoms with van der Waals surface area (Å²) in [5.74, 6) is -1.12. The van der Waals surface area contributed by atoms with Crippen LogP contribution in [0.15, 0.2) is 54.7 Å². The van der Waals surface area contributed by atoms with E-state index >= 15 is 0 Å². The van der Waals surface area contributed by atoms with Crippen molar-refractivity contribution < 1.29 is 19.1 Å². The molecule has 29 heavy (non-hydrogen) atoms. The Morgan fingerprint density at radius 1 is 1.10 bits per heavy atom. The number of nitrogens with zero attached hydrogens (tertiary/aromatic N) is 1. The van der Waals surface area contributed by atoms with Crippen molar-refractivity contribution in [3.8, 4) is 0 Å². The van der Waals surface area contributed by atoms with E-state index in [1.165, 1.54) is 18.7 Å². The van der Waals surface area contributed by atoms with Crippen molar-refractivity contribution in [1.29, 1.82) is 0 Å². The first-order valence-electron chi connectivity index (χ1n) is 9.48. The molecule has 1 N–H and O–H groups in total. The van der Waals surface area contributed by atoms with Gasteiger partial charge in [0.05, 0.1) is 12.5 Å². The Labute approximate surface area is 170 Å². The Bertz CT molecular complexity index is 950. The molecule has 6 nitrogen and oxygen atoms in total. The zero-order chi connectivity index (χ0) is 21.0. The summed E-state index contributed by atoms with van der Waals surface area (Å²) >= 11 is 0. The van der Waals surface area contributed by atoms with Crippen LogP contribution in [-0.2, 0) is 19.1 Å². The first-order valence-corrected chi connectivity index (χ1v) is 9.48. The van der Waals surface area contributed by atoms with Crippen LogP contribution >= 0.6 is 0 Å². The fourth-order valence-corrected chi connectivity index (χ4v) is 3.25. The quantitative estimate of drug-likeness (QED) is 0.785. The van der Waals surface area contributed by atoms with Gasteiger partial charge in [-0.1, -0.05) is 42.0 Å². The third-order valence-electron chi connectivity index (χ3n) is 4.83. The lowest BCUT2D eigenvalue weighted by Gasteiger charge is -2.32. The Morgan fingerprint density at radius 3 is 2.48 bits per heavy atom. The minimum atomic E-state index is -0.955. The second-order valence-electron chi connectivity index (χ2n) is 7.08. The SMILES string of the molecule is CC(=O)N1C=Cc2ccccc2[C@H]1CC(=O)O[C@@H](C)C(=O)Nc1ccc(C)cc1. The fraction of sp³-hybridized carbons (Fsp3) is 0.261. The van der Waals surface area contributed by atoms with Gasteiger partial charge in [-0.25, -0.2) is 0 Å². The van der Waals surface area contributed by atoms with Crippen molar-refractivity contribution in [2.75, 3.05) is 5.32 Å². The molecule has 1 aliphatic heterocycles. The highest BCUT2D eigenvalue weighted by molar-refractivity contribution is 5.95. The average Bonchev–Trinajstić information content (AvgIpc) is 2.69. The van der Waals surface area contributed by atoms with Crippen LogP contribution < -0.4 is 5.32 Å². The van der Waals surface area contributed by atoms with Gasteiger partial charge in [0.2, 0.25) is 5.91 Å². The van der Waals surface area contributed by atoms with Gasteiger partial charge in [0, 0.05) is 18.8 Å². The highest BCUT2D eigenvalue weighted by Gasteiger charge is 2.30. The maximum Gasteiger partial charge on any atom is 0.309 e. The molecular weight excluding hydrogens is 368 g/mol. The number of aryl methyl sites for hydroxylation is 1. The molecule has 0 aliphatic carbocycles. The first kappa shape index (κ1) is 20.3. The molecule has 1 aliphatic rings. The molecular formula is C23H24N2O4. The van der Waals surface area contributed by atoms with Gasteiger partial charge in [0.15, 0.2) is 6.10 Å². The van der Waals surface area contributed by atoms with E-state index in [9.17, 15) is 14.4 Å². The van der Waals surface area contributed by atoms with Crippen LogP contribution in [0.1, 0.15) is 43.0 Å². The van der Waals surface area contributed by atoms with E-state index in [1.54, 1.807) is 18.3 Å². The van der Waals surface area contributed by atoms with E-state index < -0.39 is 24.0 Å². The molecule has 0 fully saturated rings. The number of ether oxygens (including phenoxy) is 1. The fourth-order valence-electron chi connectivity index (χ4n) is 3.25. The van der Waals surface area contributed by atoms with E-state index in [2.05, 4.69) is 5.32 Å². The van der Waals surface area contributed by atoms with Crippen LogP contribution in [0.3, 0.4) is 0 Å². The zero-order valence-electron chi connectivity index (χ0n) is 16.7. The summed E-state index contributed by atoms with van der Waals surface area (Å²) in [6.45, 7) is 4.94. The van der Waals surface area contributed by atoms with Crippen LogP contribution in [0.5, 0.6) is 0 Å². The topological polar surface area (TPSA) is 75.7 Å². The van der Waals surface area contributed by atoms with Crippen molar-refractivity contribution >= 4 is 29.5 Å². The van der Waals surface area contributed by atoms with Gasteiger partial charge in [-0.05, 0) is 43.2 Å². The van der Waals surface area contributed by atoms with Gasteiger partial charge in [0.25, 0.3) is 5.91 Å². The Morgan fingerprint density at radius 2 is 1.79 bits per heavy atom. The molecule has 0 aromatic heterocycles. The molecule has 0 saturated heterocycles. The monoisotopic (exact) mass is 392 g/mol. The molecule has 0 bridgehead atoms. The summed E-state index contributed by atoms with van der Waals surface area (Å²) in [5.41, 5.74) is 3.55. The summed E-state index contributed by atoms with van der Waals surface area (Å²) in [6, 6.07) is 14.5. The minimum absolute atomic E-state index is 0.0386. The molecule has 1 heterocycles. The minimum Gasteiger partial charge on any atom is -0.452 e. The number of fused-ring (bicyclic) bond motifs is 1. The zero-order valence-corrected chi connectivity index (χ0v) is 16.7. The maximum atomic E-state index is 12.5. The van der Waals surface area contributed by atoms with Crippen molar-refractivity contribution in [1.82, 2.24) is 4.90 Å². The Balaban J connectivity index is 1.65. The van der Waals surface area contributed by atoms with Crippen molar-refractivity contribution in [3.05, 3.63) is 71.4 Å². The number of esters is 1. The smallest absolute Gasteiger partial charge is 0.309 e. The summed E-state index contributed by atoms with van der Waals surface area (Å²) in [7, 11) is 0. The number of rotatable bonds is 5. The summed E-state index contributed by atoms with van der Waals surface area (Å²) in [6.07, 6.45) is 2.53. The standard InChI is InChI=1S/C23H24N2O4/c1-15-8-10-19(11-9-15)24-23(28)16(2)29-22(27)14-21-20-7-5-4-6-18(20)12-13-25(21)17(3)26/h4-13,16,21H,14H2,1-3H3,(H,24,28)/t16-,21+/m0/s1. The van der Waals surface area contributed by atoms with E-state index in [-0.39, 0.29) is 12.3 Å². The van der Waals surface area contributed by atoms with Gasteiger partial charge >= 0.3 is 5.97 Å². The molecule has 6 heteroatoms. The van der Waals surface area contributed by atoms with Crippen LogP contribution in [0, 0.1) is 6.92 Å². The highest BCUT2D eigenvalue weighted by Crippen LogP contribution is 2.33. The molecule has 2 amide bonds. The predicted octanol–water partition coefficient (Wildman–Crippen LogP) is 3.83. The Kier molecular flexibility index (Phi) is 6.12. The predicted molar refractivity (Wildman–Crippen MR) is 111 cm³/mol. The summed E-state index contributed by atoms with van der Waals surface area (Å²) < 4.78 is 5.34.